The van der Waals surface area contributed by atoms with Crippen LogP contribution in [0.25, 0.3) is 10.9 Å². The molecule has 0 aliphatic carbocycles. The number of nitrogens with one attached hydrogen (secondary N) is 2. The average Bonchev–Trinajstić information content (AvgIpc) is 2.66. The molecule has 3 rings (SSSR count). The number of carbonyl (C=O) groups excluding carboxylic acids is 1. The van der Waals surface area contributed by atoms with E-state index in [1.54, 1.807) is 24.3 Å². The summed E-state index contributed by atoms with van der Waals surface area (Å²) in [4.78, 5) is 29.1. The molecule has 2 aromatic carbocycles. The lowest BCUT2D eigenvalue weighted by Crippen LogP contribution is -2.34. The molecule has 0 aliphatic heterocycles. The molecule has 0 saturated heterocycles. The molecule has 6 nitrogen and oxygen atoms in total. The van der Waals surface area contributed by atoms with Gasteiger partial charge in [0.1, 0.15) is 0 Å². The van der Waals surface area contributed by atoms with Crippen LogP contribution in [-0.2, 0) is 17.8 Å². The summed E-state index contributed by atoms with van der Waals surface area (Å²) < 4.78 is 1.48. The highest BCUT2D eigenvalue weighted by molar-refractivity contribution is 6.31. The predicted octanol–water partition coefficient (Wildman–Crippen LogP) is 3.15. The Balaban J connectivity index is 1.70. The topological polar surface area (TPSA) is 76.0 Å². The lowest BCUT2D eigenvalue weighted by Gasteiger charge is -2.14. The molecule has 1 amide bonds. The van der Waals surface area contributed by atoms with E-state index in [2.05, 4.69) is 15.8 Å². The van der Waals surface area contributed by atoms with Gasteiger partial charge >= 0.3 is 0 Å². The number of fused-ring (bicyclic) bond motifs is 1. The fourth-order valence-electron chi connectivity index (χ4n) is 2.69. The van der Waals surface area contributed by atoms with Crippen molar-refractivity contribution in [2.75, 3.05) is 5.43 Å². The summed E-state index contributed by atoms with van der Waals surface area (Å²) in [7, 11) is 0. The number of aryl methyl sites for hydroxylation is 1. The van der Waals surface area contributed by atoms with Crippen molar-refractivity contribution < 1.29 is 4.79 Å². The second-order valence-electron chi connectivity index (χ2n) is 5.77. The molecule has 0 saturated carbocycles. The molecule has 0 fully saturated rings. The van der Waals surface area contributed by atoms with Crippen LogP contribution in [0.1, 0.15) is 18.9 Å². The first kappa shape index (κ1) is 17.9. The Bertz CT molecular complexity index is 1000. The van der Waals surface area contributed by atoms with Crippen molar-refractivity contribution in [1.82, 2.24) is 15.0 Å². The van der Waals surface area contributed by atoms with Gasteiger partial charge in [0.05, 0.1) is 10.9 Å². The highest BCUT2D eigenvalue weighted by atomic mass is 35.5. The smallest absolute Gasteiger partial charge is 0.262 e. The summed E-state index contributed by atoms with van der Waals surface area (Å²) in [6.45, 7) is 2.29. The maximum absolute atomic E-state index is 12.5. The molecule has 0 unspecified atom stereocenters. The van der Waals surface area contributed by atoms with Crippen LogP contribution in [0.4, 0.5) is 5.95 Å². The molecule has 0 aliphatic rings. The molecule has 1 aromatic heterocycles. The van der Waals surface area contributed by atoms with Crippen molar-refractivity contribution in [3.05, 3.63) is 69.5 Å². The third-order valence-corrected chi connectivity index (χ3v) is 4.44. The molecule has 7 heteroatoms. The Morgan fingerprint density at radius 1 is 1.15 bits per heavy atom. The highest BCUT2D eigenvalue weighted by Gasteiger charge is 2.10. The van der Waals surface area contributed by atoms with Gasteiger partial charge in [-0.1, -0.05) is 41.9 Å². The number of anilines is 1. The number of halogens is 1. The lowest BCUT2D eigenvalue weighted by molar-refractivity contribution is -0.120. The summed E-state index contributed by atoms with van der Waals surface area (Å²) >= 11 is 6.10. The van der Waals surface area contributed by atoms with E-state index in [0.29, 0.717) is 34.8 Å². The normalized spacial score (nSPS) is 10.7. The van der Waals surface area contributed by atoms with Crippen molar-refractivity contribution in [3.8, 4) is 0 Å². The minimum atomic E-state index is -0.213. The number of hydrogen-bond acceptors (Lipinski definition) is 4. The lowest BCUT2D eigenvalue weighted by atomic mass is 10.1. The maximum atomic E-state index is 12.5. The fraction of sp³-hybridized carbons (Fsp3) is 0.211. The Hall–Kier alpha value is -2.86. The Morgan fingerprint density at radius 2 is 1.88 bits per heavy atom. The van der Waals surface area contributed by atoms with Gasteiger partial charge in [-0.15, -0.1) is 0 Å². The third kappa shape index (κ3) is 3.86. The number of aromatic nitrogens is 2. The minimum Gasteiger partial charge on any atom is -0.277 e. The van der Waals surface area contributed by atoms with E-state index >= 15 is 0 Å². The Morgan fingerprint density at radius 3 is 2.65 bits per heavy atom. The molecule has 0 bridgehead atoms. The second-order valence-corrected chi connectivity index (χ2v) is 6.17. The Kier molecular flexibility index (Phi) is 5.53. The van der Waals surface area contributed by atoms with Crippen molar-refractivity contribution in [2.24, 2.45) is 0 Å². The quantitative estimate of drug-likeness (QED) is 0.653. The van der Waals surface area contributed by atoms with E-state index in [4.69, 9.17) is 11.6 Å². The largest absolute Gasteiger partial charge is 0.277 e. The van der Waals surface area contributed by atoms with Crippen molar-refractivity contribution in [2.45, 2.75) is 26.3 Å². The molecular formula is C19H19ClN4O2. The summed E-state index contributed by atoms with van der Waals surface area (Å²) in [6.07, 6.45) is 0.791. The van der Waals surface area contributed by atoms with Gasteiger partial charge in [-0.05, 0) is 37.1 Å². The van der Waals surface area contributed by atoms with Crippen LogP contribution < -0.4 is 16.4 Å². The van der Waals surface area contributed by atoms with Crippen LogP contribution in [0.15, 0.2) is 53.3 Å². The van der Waals surface area contributed by atoms with Gasteiger partial charge in [0.15, 0.2) is 0 Å². The number of para-hydroxylation sites is 1. The van der Waals surface area contributed by atoms with E-state index < -0.39 is 0 Å². The van der Waals surface area contributed by atoms with Crippen LogP contribution in [0.2, 0.25) is 5.02 Å². The second kappa shape index (κ2) is 8.01. The standard InChI is InChI=1S/C19H19ClN4O2/c1-2-24-18(26)14-8-4-6-10-16(14)21-19(24)23-22-17(25)12-11-13-7-3-5-9-15(13)20/h3-10H,2,11-12H2,1H3,(H,21,23)(H,22,25). The van der Waals surface area contributed by atoms with Crippen LogP contribution >= 0.6 is 11.6 Å². The van der Waals surface area contributed by atoms with E-state index in [9.17, 15) is 9.59 Å². The number of nitrogens with zero attached hydrogens (tertiary/aromatic N) is 2. The number of benzene rings is 2. The predicted molar refractivity (Wildman–Crippen MR) is 103 cm³/mol. The first-order valence-corrected chi connectivity index (χ1v) is 8.75. The zero-order valence-corrected chi connectivity index (χ0v) is 15.1. The van der Waals surface area contributed by atoms with Gasteiger partial charge in [0.2, 0.25) is 11.9 Å². The summed E-state index contributed by atoms with van der Waals surface area (Å²) in [6, 6.07) is 14.5. The van der Waals surface area contributed by atoms with Crippen LogP contribution in [0.5, 0.6) is 0 Å². The van der Waals surface area contributed by atoms with Crippen molar-refractivity contribution in [1.29, 1.82) is 0 Å². The first-order valence-electron chi connectivity index (χ1n) is 8.38. The first-order chi connectivity index (χ1) is 12.6. The van der Waals surface area contributed by atoms with Crippen molar-refractivity contribution in [3.63, 3.8) is 0 Å². The number of hydrogen-bond donors (Lipinski definition) is 2. The minimum absolute atomic E-state index is 0.147. The molecule has 134 valence electrons. The zero-order chi connectivity index (χ0) is 18.5. The summed E-state index contributed by atoms with van der Waals surface area (Å²) in [5.74, 6) is 0.0947. The van der Waals surface area contributed by atoms with Gasteiger partial charge in [-0.2, -0.15) is 0 Å². The molecule has 3 aromatic rings. The van der Waals surface area contributed by atoms with Gasteiger partial charge < -0.3 is 0 Å². The fourth-order valence-corrected chi connectivity index (χ4v) is 2.92. The monoisotopic (exact) mass is 370 g/mol. The van der Waals surface area contributed by atoms with E-state index in [-0.39, 0.29) is 17.9 Å². The highest BCUT2D eigenvalue weighted by Crippen LogP contribution is 2.16. The number of hydrazine groups is 1. The van der Waals surface area contributed by atoms with Gasteiger partial charge in [0.25, 0.3) is 5.56 Å². The van der Waals surface area contributed by atoms with Crippen LogP contribution in [0, 0.1) is 0 Å². The molecular weight excluding hydrogens is 352 g/mol. The van der Waals surface area contributed by atoms with Crippen LogP contribution in [0.3, 0.4) is 0 Å². The number of rotatable bonds is 6. The molecule has 26 heavy (non-hydrogen) atoms. The molecule has 0 radical (unpaired) electrons. The Labute approximate surface area is 155 Å². The van der Waals surface area contributed by atoms with Crippen molar-refractivity contribution >= 4 is 34.4 Å². The molecule has 1 heterocycles. The van der Waals surface area contributed by atoms with E-state index in [1.165, 1.54) is 4.57 Å². The molecule has 0 atom stereocenters. The number of carbonyl (C=O) groups is 1. The summed E-state index contributed by atoms with van der Waals surface area (Å²) in [5.41, 5.74) is 6.72. The average molecular weight is 371 g/mol. The van der Waals surface area contributed by atoms with E-state index in [0.717, 1.165) is 5.56 Å². The number of amides is 1. The SMILES string of the molecule is CCn1c(NNC(=O)CCc2ccccc2Cl)nc2ccccc2c1=O. The molecule has 2 N–H and O–H groups in total. The molecule has 0 spiro atoms. The zero-order valence-electron chi connectivity index (χ0n) is 14.3. The van der Waals surface area contributed by atoms with Gasteiger partial charge in [0, 0.05) is 18.0 Å². The van der Waals surface area contributed by atoms with E-state index in [1.807, 2.05) is 31.2 Å². The summed E-state index contributed by atoms with van der Waals surface area (Å²) in [5, 5.41) is 1.19. The third-order valence-electron chi connectivity index (χ3n) is 4.07. The maximum Gasteiger partial charge on any atom is 0.262 e. The van der Waals surface area contributed by atoms with Gasteiger partial charge in [-0.25, -0.2) is 4.98 Å². The van der Waals surface area contributed by atoms with Gasteiger partial charge in [-0.3, -0.25) is 25.0 Å². The van der Waals surface area contributed by atoms with Crippen LogP contribution in [-0.4, -0.2) is 15.5 Å².